The average molecular weight is 282 g/mol. The van der Waals surface area contributed by atoms with Gasteiger partial charge >= 0.3 is 5.97 Å². The van der Waals surface area contributed by atoms with Crippen LogP contribution < -0.4 is 10.9 Å². The number of hydrogen-bond donors (Lipinski definition) is 2. The molecule has 1 aliphatic rings. The fourth-order valence-corrected chi connectivity index (χ4v) is 2.21. The molecule has 2 aromatic rings. The molecule has 0 spiro atoms. The van der Waals surface area contributed by atoms with Gasteiger partial charge in [0.2, 0.25) is 5.91 Å². The summed E-state index contributed by atoms with van der Waals surface area (Å²) in [6, 6.07) is 13.8. The fraction of sp³-hybridized carbons (Fsp3) is 0.125. The second kappa shape index (κ2) is 5.66. The molecule has 2 N–H and O–H groups in total. The first-order valence-electron chi connectivity index (χ1n) is 6.63. The highest BCUT2D eigenvalue weighted by Gasteiger charge is 2.16. The fourth-order valence-electron chi connectivity index (χ4n) is 2.21. The third-order valence-electron chi connectivity index (χ3n) is 3.29. The number of benzene rings is 2. The molecule has 1 heterocycles. The summed E-state index contributed by atoms with van der Waals surface area (Å²) in [5, 5.41) is 2.17. The van der Waals surface area contributed by atoms with E-state index in [2.05, 4.69) is 10.9 Å². The summed E-state index contributed by atoms with van der Waals surface area (Å²) in [6.45, 7) is 0.188. The van der Waals surface area contributed by atoms with Gasteiger partial charge in [-0.15, -0.1) is 0 Å². The van der Waals surface area contributed by atoms with E-state index in [9.17, 15) is 9.59 Å². The Kier molecular flexibility index (Phi) is 3.55. The number of nitrogens with one attached hydrogen (secondary N) is 2. The molecule has 0 radical (unpaired) electrons. The van der Waals surface area contributed by atoms with Gasteiger partial charge in [-0.25, -0.2) is 4.79 Å². The molecule has 106 valence electrons. The van der Waals surface area contributed by atoms with E-state index in [1.165, 1.54) is 6.08 Å². The molecule has 0 unspecified atom stereocenters. The highest BCUT2D eigenvalue weighted by Crippen LogP contribution is 2.19. The molecule has 1 amide bonds. The Morgan fingerprint density at radius 3 is 2.71 bits per heavy atom. The number of carbonyl (C=O) groups is 2. The normalized spacial score (nSPS) is 14.1. The zero-order chi connectivity index (χ0) is 14.7. The smallest absolute Gasteiger partial charge is 0.356 e. The molecule has 0 aromatic heterocycles. The Morgan fingerprint density at radius 1 is 1.10 bits per heavy atom. The number of amides is 1. The monoisotopic (exact) mass is 282 g/mol. The molecular formula is C16H14N2O3. The van der Waals surface area contributed by atoms with Crippen molar-refractivity contribution < 1.29 is 14.3 Å². The first kappa shape index (κ1) is 13.2. The Bertz CT molecular complexity index is 732. The van der Waals surface area contributed by atoms with Gasteiger partial charge < -0.3 is 4.74 Å². The van der Waals surface area contributed by atoms with Gasteiger partial charge in [0, 0.05) is 6.42 Å². The summed E-state index contributed by atoms with van der Waals surface area (Å²) in [4.78, 5) is 22.9. The minimum Gasteiger partial charge on any atom is -0.456 e. The topological polar surface area (TPSA) is 67.4 Å². The lowest BCUT2D eigenvalue weighted by Crippen LogP contribution is -2.42. The second-order valence-electron chi connectivity index (χ2n) is 4.71. The molecule has 0 saturated heterocycles. The Labute approximate surface area is 121 Å². The Hall–Kier alpha value is -2.82. The lowest BCUT2D eigenvalue weighted by molar-refractivity contribution is -0.141. The van der Waals surface area contributed by atoms with Gasteiger partial charge in [-0.05, 0) is 22.4 Å². The van der Waals surface area contributed by atoms with Crippen LogP contribution in [0.4, 0.5) is 0 Å². The summed E-state index contributed by atoms with van der Waals surface area (Å²) < 4.78 is 5.29. The maximum absolute atomic E-state index is 11.9. The van der Waals surface area contributed by atoms with E-state index in [1.54, 1.807) is 0 Å². The molecule has 0 aliphatic carbocycles. The number of fused-ring (bicyclic) bond motifs is 1. The van der Waals surface area contributed by atoms with Crippen LogP contribution in [0.1, 0.15) is 12.0 Å². The Balaban J connectivity index is 1.72. The quantitative estimate of drug-likeness (QED) is 0.842. The van der Waals surface area contributed by atoms with Crippen LogP contribution in [0, 0.1) is 0 Å². The largest absolute Gasteiger partial charge is 0.456 e. The van der Waals surface area contributed by atoms with Crippen LogP contribution in [0.15, 0.2) is 54.2 Å². The van der Waals surface area contributed by atoms with Crippen molar-refractivity contribution in [1.29, 1.82) is 0 Å². The first-order valence-corrected chi connectivity index (χ1v) is 6.63. The number of esters is 1. The van der Waals surface area contributed by atoms with Crippen molar-refractivity contribution in [1.82, 2.24) is 10.9 Å². The minimum absolute atomic E-state index is 0.172. The van der Waals surface area contributed by atoms with Gasteiger partial charge in [-0.2, -0.15) is 0 Å². The van der Waals surface area contributed by atoms with Gasteiger partial charge in [0.1, 0.15) is 12.3 Å². The Morgan fingerprint density at radius 2 is 1.90 bits per heavy atom. The second-order valence-corrected chi connectivity index (χ2v) is 4.71. The molecule has 5 heteroatoms. The maximum Gasteiger partial charge on any atom is 0.356 e. The van der Waals surface area contributed by atoms with E-state index in [0.29, 0.717) is 0 Å². The average Bonchev–Trinajstić information content (AvgIpc) is 2.53. The molecule has 5 nitrogen and oxygen atoms in total. The van der Waals surface area contributed by atoms with Crippen molar-refractivity contribution in [3.63, 3.8) is 0 Å². The van der Waals surface area contributed by atoms with Gasteiger partial charge in [0.05, 0.1) is 0 Å². The van der Waals surface area contributed by atoms with Crippen LogP contribution in [0.2, 0.25) is 0 Å². The van der Waals surface area contributed by atoms with E-state index in [0.717, 1.165) is 16.3 Å². The van der Waals surface area contributed by atoms with Gasteiger partial charge in [-0.1, -0.05) is 42.5 Å². The molecule has 2 aromatic carbocycles. The number of rotatable bonds is 3. The molecule has 0 bridgehead atoms. The number of carbonyl (C=O) groups excluding carboxylic acids is 2. The van der Waals surface area contributed by atoms with Crippen LogP contribution in [0.25, 0.3) is 10.8 Å². The summed E-state index contributed by atoms with van der Waals surface area (Å²) in [5.41, 5.74) is 6.12. The van der Waals surface area contributed by atoms with Crippen LogP contribution in [-0.2, 0) is 20.9 Å². The molecule has 21 heavy (non-hydrogen) atoms. The van der Waals surface area contributed by atoms with E-state index >= 15 is 0 Å². The molecular weight excluding hydrogens is 268 g/mol. The van der Waals surface area contributed by atoms with E-state index in [4.69, 9.17) is 4.74 Å². The highest BCUT2D eigenvalue weighted by molar-refractivity contribution is 5.91. The third kappa shape index (κ3) is 2.86. The number of ether oxygens (including phenoxy) is 1. The van der Waals surface area contributed by atoms with Crippen LogP contribution in [0.3, 0.4) is 0 Å². The van der Waals surface area contributed by atoms with Crippen molar-refractivity contribution in [3.05, 3.63) is 59.8 Å². The SMILES string of the molecule is O=C1CC=C(C(=O)OCc2cccc3ccccc23)NN1. The number of hydrogen-bond acceptors (Lipinski definition) is 4. The third-order valence-corrected chi connectivity index (χ3v) is 3.29. The summed E-state index contributed by atoms with van der Waals surface area (Å²) in [6.07, 6.45) is 1.69. The van der Waals surface area contributed by atoms with Crippen molar-refractivity contribution in [2.45, 2.75) is 13.0 Å². The van der Waals surface area contributed by atoms with Crippen molar-refractivity contribution in [2.75, 3.05) is 0 Å². The van der Waals surface area contributed by atoms with E-state index in [-0.39, 0.29) is 24.6 Å². The summed E-state index contributed by atoms with van der Waals surface area (Å²) >= 11 is 0. The van der Waals surface area contributed by atoms with Crippen LogP contribution in [0.5, 0.6) is 0 Å². The van der Waals surface area contributed by atoms with Crippen molar-refractivity contribution in [2.24, 2.45) is 0 Å². The first-order chi connectivity index (χ1) is 10.2. The summed E-state index contributed by atoms with van der Waals surface area (Å²) in [5.74, 6) is -0.663. The molecule has 0 saturated carbocycles. The van der Waals surface area contributed by atoms with E-state index in [1.807, 2.05) is 42.5 Å². The lowest BCUT2D eigenvalue weighted by atomic mass is 10.1. The van der Waals surface area contributed by atoms with Gasteiger partial charge in [0.15, 0.2) is 0 Å². The predicted molar refractivity (Wildman–Crippen MR) is 77.7 cm³/mol. The van der Waals surface area contributed by atoms with Gasteiger partial charge in [0.25, 0.3) is 0 Å². The molecule has 1 aliphatic heterocycles. The molecule has 0 atom stereocenters. The van der Waals surface area contributed by atoms with Crippen molar-refractivity contribution >= 4 is 22.6 Å². The molecule has 3 rings (SSSR count). The minimum atomic E-state index is -0.483. The van der Waals surface area contributed by atoms with Crippen molar-refractivity contribution in [3.8, 4) is 0 Å². The number of hydrazine groups is 1. The zero-order valence-corrected chi connectivity index (χ0v) is 11.3. The summed E-state index contributed by atoms with van der Waals surface area (Å²) in [7, 11) is 0. The maximum atomic E-state index is 11.9. The lowest BCUT2D eigenvalue weighted by Gasteiger charge is -2.15. The zero-order valence-electron chi connectivity index (χ0n) is 11.3. The van der Waals surface area contributed by atoms with E-state index < -0.39 is 5.97 Å². The molecule has 0 fully saturated rings. The predicted octanol–water partition coefficient (Wildman–Crippen LogP) is 1.79. The standard InChI is InChI=1S/C16H14N2O3/c19-15-9-8-14(17-18-15)16(20)21-10-12-6-3-5-11-4-1-2-7-13(11)12/h1-8,17H,9-10H2,(H,18,19). The van der Waals surface area contributed by atoms with Crippen LogP contribution in [-0.4, -0.2) is 11.9 Å². The van der Waals surface area contributed by atoms with Crippen LogP contribution >= 0.6 is 0 Å². The van der Waals surface area contributed by atoms with Gasteiger partial charge in [-0.3, -0.25) is 15.6 Å². The highest BCUT2D eigenvalue weighted by atomic mass is 16.5.